The van der Waals surface area contributed by atoms with Gasteiger partial charge in [0.15, 0.2) is 5.82 Å². The van der Waals surface area contributed by atoms with Gasteiger partial charge in [0.2, 0.25) is 0 Å². The Bertz CT molecular complexity index is 280. The van der Waals surface area contributed by atoms with Crippen molar-refractivity contribution in [3.63, 3.8) is 0 Å². The molecule has 1 aromatic heterocycles. The van der Waals surface area contributed by atoms with E-state index < -0.39 is 0 Å². The Balaban J connectivity index is 2.51. The number of rotatable bonds is 4. The van der Waals surface area contributed by atoms with Gasteiger partial charge in [-0.15, -0.1) is 0 Å². The van der Waals surface area contributed by atoms with Gasteiger partial charge in [0.1, 0.15) is 6.61 Å². The third-order valence-electron chi connectivity index (χ3n) is 1.66. The van der Waals surface area contributed by atoms with Gasteiger partial charge in [-0.25, -0.2) is 0 Å². The van der Waals surface area contributed by atoms with Gasteiger partial charge < -0.3 is 10.1 Å². The Morgan fingerprint density at radius 3 is 2.64 bits per heavy atom. The molecule has 0 unspecified atom stereocenters. The summed E-state index contributed by atoms with van der Waals surface area (Å²) in [5, 5.41) is 3.66. The number of aromatic nitrogens is 2. The van der Waals surface area contributed by atoms with E-state index in [1.807, 2.05) is 7.05 Å². The molecule has 0 spiro atoms. The molecule has 0 radical (unpaired) electrons. The molecule has 1 aromatic rings. The molecule has 0 aliphatic carbocycles. The van der Waals surface area contributed by atoms with Crippen LogP contribution in [0.5, 0.6) is 5.19 Å². The molecule has 0 bridgehead atoms. The van der Waals surface area contributed by atoms with Gasteiger partial charge in [-0.2, -0.15) is 9.36 Å². The van der Waals surface area contributed by atoms with Crippen LogP contribution in [0.2, 0.25) is 0 Å². The Morgan fingerprint density at radius 2 is 2.14 bits per heavy atom. The van der Waals surface area contributed by atoms with E-state index in [1.165, 1.54) is 11.5 Å². The summed E-state index contributed by atoms with van der Waals surface area (Å²) >= 11 is 1.32. The Kier molecular flexibility index (Phi) is 3.83. The van der Waals surface area contributed by atoms with Crippen molar-refractivity contribution >= 4 is 11.5 Å². The number of likely N-dealkylation sites (N-methyl/N-ethyl adjacent to an activating group) is 1. The zero-order chi connectivity index (χ0) is 10.6. The van der Waals surface area contributed by atoms with E-state index in [4.69, 9.17) is 4.74 Å². The van der Waals surface area contributed by atoms with E-state index in [0.29, 0.717) is 11.8 Å². The van der Waals surface area contributed by atoms with Crippen LogP contribution in [0.1, 0.15) is 26.6 Å². The molecule has 0 saturated carbocycles. The highest BCUT2D eigenvalue weighted by Gasteiger charge is 2.19. The lowest BCUT2D eigenvalue weighted by atomic mass is 9.96. The maximum Gasteiger partial charge on any atom is 0.293 e. The summed E-state index contributed by atoms with van der Waals surface area (Å²) in [6, 6.07) is 0. The van der Waals surface area contributed by atoms with Crippen LogP contribution in [0.3, 0.4) is 0 Å². The van der Waals surface area contributed by atoms with Crippen LogP contribution < -0.4 is 10.1 Å². The molecule has 5 heteroatoms. The average molecular weight is 215 g/mol. The summed E-state index contributed by atoms with van der Waals surface area (Å²) in [5.41, 5.74) is 0.00111. The van der Waals surface area contributed by atoms with Crippen molar-refractivity contribution in [3.05, 3.63) is 5.82 Å². The summed E-state index contributed by atoms with van der Waals surface area (Å²) in [6.45, 7) is 7.73. The highest BCUT2D eigenvalue weighted by Crippen LogP contribution is 2.23. The number of hydrogen-bond donors (Lipinski definition) is 1. The van der Waals surface area contributed by atoms with E-state index in [-0.39, 0.29) is 5.41 Å². The summed E-state index contributed by atoms with van der Waals surface area (Å²) < 4.78 is 9.66. The minimum absolute atomic E-state index is 0.00111. The van der Waals surface area contributed by atoms with Crippen molar-refractivity contribution in [2.45, 2.75) is 26.2 Å². The van der Waals surface area contributed by atoms with E-state index in [2.05, 4.69) is 35.4 Å². The molecule has 0 aliphatic heterocycles. The molecule has 4 nitrogen and oxygen atoms in total. The molecule has 0 fully saturated rings. The molecule has 0 aromatic carbocycles. The van der Waals surface area contributed by atoms with Gasteiger partial charge in [-0.05, 0) is 7.05 Å². The summed E-state index contributed by atoms with van der Waals surface area (Å²) in [4.78, 5) is 4.31. The van der Waals surface area contributed by atoms with Crippen LogP contribution in [-0.4, -0.2) is 29.6 Å². The lowest BCUT2D eigenvalue weighted by Gasteiger charge is -2.11. The molecule has 1 heterocycles. The van der Waals surface area contributed by atoms with E-state index in [9.17, 15) is 0 Å². The number of ether oxygens (including phenoxy) is 1. The summed E-state index contributed by atoms with van der Waals surface area (Å²) in [6.07, 6.45) is 0. The molecule has 1 N–H and O–H groups in total. The lowest BCUT2D eigenvalue weighted by molar-refractivity contribution is 0.315. The highest BCUT2D eigenvalue weighted by atomic mass is 32.1. The first kappa shape index (κ1) is 11.4. The number of nitrogens with zero attached hydrogens (tertiary/aromatic N) is 2. The minimum Gasteiger partial charge on any atom is -0.468 e. The van der Waals surface area contributed by atoms with Gasteiger partial charge in [-0.3, -0.25) is 0 Å². The topological polar surface area (TPSA) is 47.0 Å². The van der Waals surface area contributed by atoms with Crippen LogP contribution in [0.25, 0.3) is 0 Å². The molecule has 1 rings (SSSR count). The predicted octanol–water partition coefficient (Wildman–Crippen LogP) is 1.43. The molecule has 0 amide bonds. The number of hydrogen-bond acceptors (Lipinski definition) is 5. The zero-order valence-corrected chi connectivity index (χ0v) is 9.94. The first-order valence-corrected chi connectivity index (χ1v) is 5.43. The van der Waals surface area contributed by atoms with Crippen molar-refractivity contribution in [1.29, 1.82) is 0 Å². The van der Waals surface area contributed by atoms with Gasteiger partial charge in [0, 0.05) is 23.5 Å². The van der Waals surface area contributed by atoms with Crippen molar-refractivity contribution in [1.82, 2.24) is 14.7 Å². The van der Waals surface area contributed by atoms with E-state index in [1.54, 1.807) is 0 Å². The second kappa shape index (κ2) is 4.70. The van der Waals surface area contributed by atoms with Crippen LogP contribution in [-0.2, 0) is 5.41 Å². The smallest absolute Gasteiger partial charge is 0.293 e. The first-order valence-electron chi connectivity index (χ1n) is 4.65. The monoisotopic (exact) mass is 215 g/mol. The van der Waals surface area contributed by atoms with E-state index in [0.717, 1.165) is 12.4 Å². The van der Waals surface area contributed by atoms with Gasteiger partial charge in [0.25, 0.3) is 5.19 Å². The second-order valence-corrected chi connectivity index (χ2v) is 4.80. The summed E-state index contributed by atoms with van der Waals surface area (Å²) in [5.74, 6) is 0.849. The molecular weight excluding hydrogens is 198 g/mol. The molecular formula is C9H17N3OS. The maximum atomic E-state index is 5.40. The predicted molar refractivity (Wildman–Crippen MR) is 58.0 cm³/mol. The standard InChI is InChI=1S/C9H17N3OS/c1-9(2,3)7-11-8(14-12-7)13-6-5-10-4/h10H,5-6H2,1-4H3. The minimum atomic E-state index is 0.00111. The second-order valence-electron chi connectivity index (χ2n) is 4.09. The third-order valence-corrected chi connectivity index (χ3v) is 2.29. The van der Waals surface area contributed by atoms with Crippen molar-refractivity contribution in [2.24, 2.45) is 0 Å². The van der Waals surface area contributed by atoms with Gasteiger partial charge in [0.05, 0.1) is 0 Å². The van der Waals surface area contributed by atoms with E-state index >= 15 is 0 Å². The molecule has 14 heavy (non-hydrogen) atoms. The van der Waals surface area contributed by atoms with Crippen molar-refractivity contribution in [3.8, 4) is 5.19 Å². The number of nitrogens with one attached hydrogen (secondary N) is 1. The van der Waals surface area contributed by atoms with Gasteiger partial charge >= 0.3 is 0 Å². The average Bonchev–Trinajstić information content (AvgIpc) is 2.52. The van der Waals surface area contributed by atoms with Crippen LogP contribution in [0.4, 0.5) is 0 Å². The summed E-state index contributed by atoms with van der Waals surface area (Å²) in [7, 11) is 1.89. The third kappa shape index (κ3) is 3.23. The fraction of sp³-hybridized carbons (Fsp3) is 0.778. The molecule has 0 aliphatic rings. The van der Waals surface area contributed by atoms with Crippen LogP contribution >= 0.6 is 11.5 Å². The van der Waals surface area contributed by atoms with Crippen molar-refractivity contribution < 1.29 is 4.74 Å². The zero-order valence-electron chi connectivity index (χ0n) is 9.13. The fourth-order valence-electron chi connectivity index (χ4n) is 0.813. The SMILES string of the molecule is CNCCOc1nc(C(C)(C)C)ns1. The Hall–Kier alpha value is -0.680. The quantitative estimate of drug-likeness (QED) is 0.772. The Morgan fingerprint density at radius 1 is 1.43 bits per heavy atom. The Labute approximate surface area is 88.9 Å². The lowest BCUT2D eigenvalue weighted by Crippen LogP contribution is -2.16. The molecule has 80 valence electrons. The van der Waals surface area contributed by atoms with Crippen LogP contribution in [0.15, 0.2) is 0 Å². The normalized spacial score (nSPS) is 11.7. The molecule has 0 saturated heterocycles. The maximum absolute atomic E-state index is 5.40. The first-order chi connectivity index (χ1) is 6.54. The largest absolute Gasteiger partial charge is 0.468 e. The highest BCUT2D eigenvalue weighted by molar-refractivity contribution is 7.07. The molecule has 0 atom stereocenters. The fourth-order valence-corrected chi connectivity index (χ4v) is 1.56. The van der Waals surface area contributed by atoms with Crippen molar-refractivity contribution in [2.75, 3.05) is 20.2 Å². The van der Waals surface area contributed by atoms with Crippen LogP contribution in [0, 0.1) is 0 Å². The van der Waals surface area contributed by atoms with Gasteiger partial charge in [-0.1, -0.05) is 20.8 Å².